The van der Waals surface area contributed by atoms with Crippen LogP contribution in [0.2, 0.25) is 0 Å². The van der Waals surface area contributed by atoms with Crippen LogP contribution in [0.25, 0.3) is 0 Å². The molecule has 0 aliphatic heterocycles. The zero-order chi connectivity index (χ0) is 24.2. The van der Waals surface area contributed by atoms with Crippen molar-refractivity contribution >= 4 is 17.6 Å². The maximum atomic E-state index is 14.3. The number of nitrogens with one attached hydrogen (secondary N) is 1. The van der Waals surface area contributed by atoms with E-state index in [2.05, 4.69) is 14.8 Å². The van der Waals surface area contributed by atoms with E-state index in [0.29, 0.717) is 0 Å². The summed E-state index contributed by atoms with van der Waals surface area (Å²) in [5.41, 5.74) is -1.90. The lowest BCUT2D eigenvalue weighted by molar-refractivity contribution is -0.138. The highest BCUT2D eigenvalue weighted by Gasteiger charge is 2.33. The molecule has 0 amide bonds. The van der Waals surface area contributed by atoms with Crippen LogP contribution in [0.15, 0.2) is 36.0 Å². The van der Waals surface area contributed by atoms with Gasteiger partial charge in [0.25, 0.3) is 0 Å². The predicted octanol–water partition coefficient (Wildman–Crippen LogP) is 4.87. The maximum Gasteiger partial charge on any atom is 0.416 e. The van der Waals surface area contributed by atoms with Crippen LogP contribution in [0.4, 0.5) is 32.0 Å². The molecule has 0 aromatic heterocycles. The zero-order valence-electron chi connectivity index (χ0n) is 16.7. The second kappa shape index (κ2) is 9.62. The number of halogens is 6. The van der Waals surface area contributed by atoms with Gasteiger partial charge in [0.2, 0.25) is 0 Å². The second-order valence-corrected chi connectivity index (χ2v) is 6.16. The number of rotatable bonds is 6. The summed E-state index contributed by atoms with van der Waals surface area (Å²) < 4.78 is 94.3. The Bertz CT molecular complexity index is 1060. The van der Waals surface area contributed by atoms with E-state index in [9.17, 15) is 35.9 Å². The summed E-state index contributed by atoms with van der Waals surface area (Å²) in [5.74, 6) is -8.52. The molecule has 0 saturated heterocycles. The predicted molar refractivity (Wildman–Crippen MR) is 98.3 cm³/mol. The molecule has 0 fully saturated rings. The molecule has 0 bridgehead atoms. The molecule has 2 aromatic carbocycles. The van der Waals surface area contributed by atoms with Crippen molar-refractivity contribution in [1.82, 2.24) is 0 Å². The van der Waals surface area contributed by atoms with Gasteiger partial charge in [-0.3, -0.25) is 0 Å². The quantitative estimate of drug-likeness (QED) is 0.375. The molecule has 6 nitrogen and oxygen atoms in total. The lowest BCUT2D eigenvalue weighted by Gasteiger charge is -2.15. The fraction of sp³-hybridized carbons (Fsp3) is 0.200. The van der Waals surface area contributed by atoms with E-state index < -0.39 is 58.3 Å². The highest BCUT2D eigenvalue weighted by molar-refractivity contribution is 5.98. The van der Waals surface area contributed by atoms with Crippen LogP contribution in [0.1, 0.15) is 11.1 Å². The van der Waals surface area contributed by atoms with Gasteiger partial charge in [0.1, 0.15) is 5.70 Å². The first-order valence-corrected chi connectivity index (χ1v) is 8.56. The van der Waals surface area contributed by atoms with Gasteiger partial charge >= 0.3 is 18.1 Å². The minimum absolute atomic E-state index is 0.00186. The number of ether oxygens (including phenoxy) is 3. The van der Waals surface area contributed by atoms with Gasteiger partial charge in [-0.15, -0.1) is 0 Å². The van der Waals surface area contributed by atoms with Crippen molar-refractivity contribution in [3.05, 3.63) is 64.6 Å². The average molecular weight is 463 g/mol. The number of esters is 2. The Morgan fingerprint density at radius 1 is 0.938 bits per heavy atom. The van der Waals surface area contributed by atoms with E-state index in [1.165, 1.54) is 6.92 Å². The Hall–Kier alpha value is -3.70. The van der Waals surface area contributed by atoms with E-state index in [4.69, 9.17) is 4.74 Å². The lowest BCUT2D eigenvalue weighted by atomic mass is 10.1. The summed E-state index contributed by atoms with van der Waals surface area (Å²) in [5, 5.41) is 2.48. The van der Waals surface area contributed by atoms with E-state index in [-0.39, 0.29) is 23.4 Å². The van der Waals surface area contributed by atoms with Crippen molar-refractivity contribution in [1.29, 1.82) is 0 Å². The highest BCUT2D eigenvalue weighted by Crippen LogP contribution is 2.37. The number of methoxy groups -OCH3 is 2. The number of hydrogen-bond donors (Lipinski definition) is 1. The lowest BCUT2D eigenvalue weighted by Crippen LogP contribution is -2.16. The van der Waals surface area contributed by atoms with Crippen molar-refractivity contribution in [3.63, 3.8) is 0 Å². The summed E-state index contributed by atoms with van der Waals surface area (Å²) in [6, 6.07) is 1.75. The molecule has 172 valence electrons. The summed E-state index contributed by atoms with van der Waals surface area (Å²) in [4.78, 5) is 23.3. The van der Waals surface area contributed by atoms with Crippen LogP contribution < -0.4 is 10.1 Å². The number of benzene rings is 2. The normalized spacial score (nSPS) is 11.7. The summed E-state index contributed by atoms with van der Waals surface area (Å²) in [6.07, 6.45) is -4.27. The molecule has 0 atom stereocenters. The van der Waals surface area contributed by atoms with E-state index in [1.807, 2.05) is 0 Å². The van der Waals surface area contributed by atoms with Gasteiger partial charge in [-0.1, -0.05) is 0 Å². The molecule has 0 aliphatic carbocycles. The number of aryl methyl sites for hydroxylation is 1. The Labute approximate surface area is 177 Å². The fourth-order valence-electron chi connectivity index (χ4n) is 2.37. The molecule has 2 aromatic rings. The number of anilines is 1. The monoisotopic (exact) mass is 463 g/mol. The molecule has 1 N–H and O–H groups in total. The van der Waals surface area contributed by atoms with Gasteiger partial charge in [-0.25, -0.2) is 22.8 Å². The van der Waals surface area contributed by atoms with Crippen molar-refractivity contribution in [2.24, 2.45) is 0 Å². The van der Waals surface area contributed by atoms with Gasteiger partial charge in [-0.05, 0) is 30.7 Å². The van der Waals surface area contributed by atoms with Crippen molar-refractivity contribution in [2.75, 3.05) is 19.5 Å². The fourth-order valence-corrected chi connectivity index (χ4v) is 2.37. The molecular formula is C20H15F6NO5. The van der Waals surface area contributed by atoms with E-state index >= 15 is 0 Å². The molecule has 12 heteroatoms. The first-order valence-electron chi connectivity index (χ1n) is 8.56. The van der Waals surface area contributed by atoms with Gasteiger partial charge in [0.15, 0.2) is 29.0 Å². The first kappa shape index (κ1) is 24.6. The Morgan fingerprint density at radius 2 is 1.53 bits per heavy atom. The summed E-state index contributed by atoms with van der Waals surface area (Å²) in [6.45, 7) is 1.39. The third-order valence-electron chi connectivity index (χ3n) is 3.95. The Morgan fingerprint density at radius 3 is 2.03 bits per heavy atom. The van der Waals surface area contributed by atoms with Crippen LogP contribution in [0.5, 0.6) is 11.5 Å². The van der Waals surface area contributed by atoms with Gasteiger partial charge in [-0.2, -0.15) is 13.2 Å². The Kier molecular flexibility index (Phi) is 7.39. The molecule has 0 heterocycles. The minimum atomic E-state index is -5.01. The molecule has 0 saturated carbocycles. The zero-order valence-corrected chi connectivity index (χ0v) is 16.7. The van der Waals surface area contributed by atoms with Gasteiger partial charge in [0.05, 0.1) is 25.9 Å². The molecule has 0 spiro atoms. The number of carbonyl (C=O) groups excluding carboxylic acids is 2. The van der Waals surface area contributed by atoms with Crippen molar-refractivity contribution < 1.29 is 50.1 Å². The van der Waals surface area contributed by atoms with Gasteiger partial charge < -0.3 is 19.5 Å². The number of alkyl halides is 3. The van der Waals surface area contributed by atoms with Crippen molar-refractivity contribution in [2.45, 2.75) is 13.1 Å². The molecular weight excluding hydrogens is 448 g/mol. The first-order chi connectivity index (χ1) is 14.9. The minimum Gasteiger partial charge on any atom is -0.466 e. The highest BCUT2D eigenvalue weighted by atomic mass is 19.4. The summed E-state index contributed by atoms with van der Waals surface area (Å²) >= 11 is 0. The Balaban J connectivity index is 2.46. The van der Waals surface area contributed by atoms with Crippen LogP contribution in [0.3, 0.4) is 0 Å². The molecule has 2 rings (SSSR count). The van der Waals surface area contributed by atoms with Crippen LogP contribution in [-0.2, 0) is 25.2 Å². The smallest absolute Gasteiger partial charge is 0.416 e. The van der Waals surface area contributed by atoms with E-state index in [0.717, 1.165) is 32.4 Å². The van der Waals surface area contributed by atoms with Crippen LogP contribution in [0, 0.1) is 24.4 Å². The number of hydrogen-bond acceptors (Lipinski definition) is 6. The van der Waals surface area contributed by atoms with E-state index in [1.54, 1.807) is 0 Å². The largest absolute Gasteiger partial charge is 0.466 e. The van der Waals surface area contributed by atoms with Crippen LogP contribution in [-0.4, -0.2) is 26.2 Å². The summed E-state index contributed by atoms with van der Waals surface area (Å²) in [7, 11) is 2.08. The molecule has 0 unspecified atom stereocenters. The standard InChI is InChI=1S/C20H15F6NO5/c1-9-4-11(21)16(7-14(9)27-15(19(29)31-3)8-17(28)30-2)32-18-12(22)5-10(6-13(18)23)20(24,25)26/h4-8,27H,1-3H3/b15-8+. The maximum absolute atomic E-state index is 14.3. The van der Waals surface area contributed by atoms with Crippen molar-refractivity contribution in [3.8, 4) is 11.5 Å². The number of carbonyl (C=O) groups is 2. The van der Waals surface area contributed by atoms with Gasteiger partial charge in [0, 0.05) is 11.8 Å². The molecule has 0 aliphatic rings. The SMILES string of the molecule is COC(=O)/C=C(/Nc1cc(Oc2c(F)cc(C(F)(F)F)cc2F)c(F)cc1C)C(=O)OC. The molecule has 0 radical (unpaired) electrons. The molecule has 32 heavy (non-hydrogen) atoms. The average Bonchev–Trinajstić information content (AvgIpc) is 2.71. The second-order valence-electron chi connectivity index (χ2n) is 6.16. The topological polar surface area (TPSA) is 73.9 Å². The third-order valence-corrected chi connectivity index (χ3v) is 3.95. The van der Waals surface area contributed by atoms with Crippen LogP contribution >= 0.6 is 0 Å². The third kappa shape index (κ3) is 5.71.